The van der Waals surface area contributed by atoms with Crippen molar-refractivity contribution in [2.75, 3.05) is 0 Å². The van der Waals surface area contributed by atoms with Gasteiger partial charge < -0.3 is 15.2 Å². The molecule has 7 heteroatoms. The first-order valence-corrected chi connectivity index (χ1v) is 9.18. The molecule has 1 saturated heterocycles. The minimum absolute atomic E-state index is 0.125. The van der Waals surface area contributed by atoms with E-state index in [4.69, 9.17) is 15.2 Å². The van der Waals surface area contributed by atoms with Gasteiger partial charge in [-0.25, -0.2) is 9.69 Å². The van der Waals surface area contributed by atoms with Crippen molar-refractivity contribution in [3.05, 3.63) is 35.9 Å². The van der Waals surface area contributed by atoms with Crippen LogP contribution in [-0.4, -0.2) is 40.1 Å². The Labute approximate surface area is 158 Å². The Balaban J connectivity index is 1.71. The molecule has 3 atom stereocenters. The van der Waals surface area contributed by atoms with E-state index < -0.39 is 35.0 Å². The van der Waals surface area contributed by atoms with Gasteiger partial charge in [0.25, 0.3) is 5.91 Å². The van der Waals surface area contributed by atoms with Gasteiger partial charge in [-0.3, -0.25) is 9.59 Å². The van der Waals surface area contributed by atoms with E-state index in [-0.39, 0.29) is 19.1 Å². The molecule has 2 fully saturated rings. The molecule has 0 radical (unpaired) electrons. The second-order valence-electron chi connectivity index (χ2n) is 8.28. The molecule has 0 unspecified atom stereocenters. The fraction of sp³-hybridized carbons (Fsp3) is 0.550. The average molecular weight is 374 g/mol. The molecule has 1 heterocycles. The number of ether oxygens (including phenoxy) is 2. The molecule has 1 saturated carbocycles. The topological polar surface area (TPSA) is 98.9 Å². The van der Waals surface area contributed by atoms with E-state index in [1.54, 1.807) is 20.8 Å². The van der Waals surface area contributed by atoms with E-state index in [1.165, 1.54) is 0 Å². The molecule has 7 nitrogen and oxygen atoms in total. The van der Waals surface area contributed by atoms with E-state index in [2.05, 4.69) is 0 Å². The van der Waals surface area contributed by atoms with Gasteiger partial charge in [0.2, 0.25) is 0 Å². The number of hydrogen-bond acceptors (Lipinski definition) is 6. The summed E-state index contributed by atoms with van der Waals surface area (Å²) in [7, 11) is 0. The van der Waals surface area contributed by atoms with Crippen LogP contribution in [0.15, 0.2) is 30.3 Å². The molecule has 2 aliphatic rings. The summed E-state index contributed by atoms with van der Waals surface area (Å²) in [6.07, 6.45) is 0.452. The number of carbonyl (C=O) groups is 3. The van der Waals surface area contributed by atoms with Crippen LogP contribution in [0.4, 0.5) is 4.79 Å². The van der Waals surface area contributed by atoms with Crippen LogP contribution < -0.4 is 5.73 Å². The number of esters is 1. The third-order valence-corrected chi connectivity index (χ3v) is 5.06. The number of benzene rings is 1. The highest BCUT2D eigenvalue weighted by molar-refractivity contribution is 6.03. The normalized spacial score (nSPS) is 27.4. The minimum Gasteiger partial charge on any atom is -0.461 e. The number of hydrogen-bond donors (Lipinski definition) is 1. The Hall–Kier alpha value is -2.41. The lowest BCUT2D eigenvalue weighted by molar-refractivity contribution is -0.155. The summed E-state index contributed by atoms with van der Waals surface area (Å²) >= 11 is 0. The maximum atomic E-state index is 12.9. The molecule has 27 heavy (non-hydrogen) atoms. The van der Waals surface area contributed by atoms with Gasteiger partial charge in [-0.05, 0) is 45.6 Å². The monoisotopic (exact) mass is 374 g/mol. The van der Waals surface area contributed by atoms with E-state index >= 15 is 0 Å². The Morgan fingerprint density at radius 3 is 2.52 bits per heavy atom. The summed E-state index contributed by atoms with van der Waals surface area (Å²) < 4.78 is 10.7. The van der Waals surface area contributed by atoms with Crippen molar-refractivity contribution in [1.29, 1.82) is 0 Å². The highest BCUT2D eigenvalue weighted by atomic mass is 16.6. The number of fused-ring (bicyclic) bond motifs is 2. The van der Waals surface area contributed by atoms with Crippen LogP contribution in [0.25, 0.3) is 0 Å². The van der Waals surface area contributed by atoms with Crippen molar-refractivity contribution in [2.24, 2.45) is 11.7 Å². The van der Waals surface area contributed by atoms with Crippen molar-refractivity contribution in [2.45, 2.75) is 63.8 Å². The quantitative estimate of drug-likeness (QED) is 0.816. The van der Waals surface area contributed by atoms with Crippen LogP contribution in [0.5, 0.6) is 0 Å². The standard InChI is InChI=1S/C20H26N2O5/c1-19(2,3)27-18(25)22-14-9-10-15(20(21,11-14)17(22)24)16(23)26-12-13-7-5-4-6-8-13/h4-8,14-15H,9-12,21H2,1-3H3/t14-,15-,20-/m1/s1. The molecule has 2 amide bonds. The van der Waals surface area contributed by atoms with Crippen molar-refractivity contribution >= 4 is 18.0 Å². The number of imide groups is 1. The Bertz CT molecular complexity index is 742. The number of amides is 2. The summed E-state index contributed by atoms with van der Waals surface area (Å²) in [5.41, 5.74) is 5.07. The summed E-state index contributed by atoms with van der Waals surface area (Å²) in [6, 6.07) is 8.97. The molecule has 1 aliphatic heterocycles. The Morgan fingerprint density at radius 1 is 1.22 bits per heavy atom. The molecule has 1 aromatic carbocycles. The predicted octanol–water partition coefficient (Wildman–Crippen LogP) is 2.37. The van der Waals surface area contributed by atoms with Crippen molar-refractivity contribution < 1.29 is 23.9 Å². The van der Waals surface area contributed by atoms with Gasteiger partial charge in [0, 0.05) is 6.04 Å². The van der Waals surface area contributed by atoms with Crippen LogP contribution in [0.1, 0.15) is 45.6 Å². The van der Waals surface area contributed by atoms with Gasteiger partial charge in [0.05, 0.1) is 5.92 Å². The summed E-state index contributed by atoms with van der Waals surface area (Å²) in [6.45, 7) is 5.33. The lowest BCUT2D eigenvalue weighted by atomic mass is 9.74. The molecule has 1 aliphatic carbocycles. The predicted molar refractivity (Wildman–Crippen MR) is 97.4 cm³/mol. The van der Waals surface area contributed by atoms with Crippen LogP contribution in [0.2, 0.25) is 0 Å². The first-order chi connectivity index (χ1) is 12.6. The van der Waals surface area contributed by atoms with Gasteiger partial charge >= 0.3 is 12.1 Å². The van der Waals surface area contributed by atoms with Gasteiger partial charge in [-0.15, -0.1) is 0 Å². The highest BCUT2D eigenvalue weighted by Crippen LogP contribution is 2.43. The maximum absolute atomic E-state index is 12.9. The average Bonchev–Trinajstić information content (AvgIpc) is 2.78. The molecule has 0 aromatic heterocycles. The first kappa shape index (κ1) is 19.4. The molecule has 0 spiro atoms. The lowest BCUT2D eigenvalue weighted by Gasteiger charge is -2.32. The number of likely N-dealkylation sites (tertiary alicyclic amines) is 1. The van der Waals surface area contributed by atoms with Crippen LogP contribution in [0, 0.1) is 5.92 Å². The van der Waals surface area contributed by atoms with E-state index in [0.29, 0.717) is 12.8 Å². The molecular weight excluding hydrogens is 348 g/mol. The van der Waals surface area contributed by atoms with Crippen molar-refractivity contribution in [3.8, 4) is 0 Å². The largest absolute Gasteiger partial charge is 0.461 e. The Morgan fingerprint density at radius 2 is 1.89 bits per heavy atom. The number of carbonyl (C=O) groups excluding carboxylic acids is 3. The zero-order valence-electron chi connectivity index (χ0n) is 15.9. The van der Waals surface area contributed by atoms with Crippen LogP contribution >= 0.6 is 0 Å². The third-order valence-electron chi connectivity index (χ3n) is 5.06. The second kappa shape index (κ2) is 6.96. The molecule has 3 rings (SSSR count). The second-order valence-corrected chi connectivity index (χ2v) is 8.28. The Kier molecular flexibility index (Phi) is 4.99. The van der Waals surface area contributed by atoms with Gasteiger partial charge in [-0.1, -0.05) is 30.3 Å². The number of nitrogens with zero attached hydrogens (tertiary/aromatic N) is 1. The smallest absolute Gasteiger partial charge is 0.417 e. The third kappa shape index (κ3) is 3.83. The van der Waals surface area contributed by atoms with Crippen LogP contribution in [0.3, 0.4) is 0 Å². The van der Waals surface area contributed by atoms with Crippen molar-refractivity contribution in [1.82, 2.24) is 4.90 Å². The summed E-state index contributed by atoms with van der Waals surface area (Å²) in [5, 5.41) is 0. The van der Waals surface area contributed by atoms with Crippen LogP contribution in [-0.2, 0) is 25.7 Å². The molecular formula is C20H26N2O5. The fourth-order valence-electron chi connectivity index (χ4n) is 3.80. The number of rotatable bonds is 3. The summed E-state index contributed by atoms with van der Waals surface area (Å²) in [4.78, 5) is 39.1. The van der Waals surface area contributed by atoms with E-state index in [0.717, 1.165) is 10.5 Å². The molecule has 2 bridgehead atoms. The molecule has 2 N–H and O–H groups in total. The van der Waals surface area contributed by atoms with E-state index in [9.17, 15) is 14.4 Å². The van der Waals surface area contributed by atoms with E-state index in [1.807, 2.05) is 30.3 Å². The van der Waals surface area contributed by atoms with Crippen molar-refractivity contribution in [3.63, 3.8) is 0 Å². The first-order valence-electron chi connectivity index (χ1n) is 9.18. The van der Waals surface area contributed by atoms with Gasteiger partial charge in [-0.2, -0.15) is 0 Å². The zero-order chi connectivity index (χ0) is 19.8. The van der Waals surface area contributed by atoms with Gasteiger partial charge in [0.15, 0.2) is 0 Å². The van der Waals surface area contributed by atoms with Gasteiger partial charge in [0.1, 0.15) is 17.7 Å². The lowest BCUT2D eigenvalue weighted by Crippen LogP contribution is -2.57. The fourth-order valence-corrected chi connectivity index (χ4v) is 3.80. The minimum atomic E-state index is -1.42. The maximum Gasteiger partial charge on any atom is 0.417 e. The number of nitrogens with two attached hydrogens (primary N) is 1. The molecule has 1 aromatic rings. The zero-order valence-corrected chi connectivity index (χ0v) is 15.9. The SMILES string of the molecule is CC(C)(C)OC(=O)N1C(=O)[C@@]2(N)C[C@H]1CC[C@@H]2C(=O)OCc1ccccc1. The highest BCUT2D eigenvalue weighted by Gasteiger charge is 2.61. The molecule has 146 valence electrons. The summed E-state index contributed by atoms with van der Waals surface area (Å²) in [5.74, 6) is -1.82.